The van der Waals surface area contributed by atoms with Crippen molar-refractivity contribution >= 4 is 6.01 Å². The van der Waals surface area contributed by atoms with Crippen molar-refractivity contribution in [1.82, 2.24) is 15.0 Å². The van der Waals surface area contributed by atoms with Crippen LogP contribution in [0.1, 0.15) is 19.2 Å². The molecule has 1 aromatic heterocycles. The standard InChI is InChI=1S/C9H18N4O/c1-4-5-8-11-9(14-12-8)10-6-7-13(2)3/h4-7H2,1-3H3,(H,10,11,12). The molecule has 0 aliphatic heterocycles. The summed E-state index contributed by atoms with van der Waals surface area (Å²) in [5.41, 5.74) is 0. The molecule has 0 radical (unpaired) electrons. The third-order valence-electron chi connectivity index (χ3n) is 1.78. The fourth-order valence-corrected chi connectivity index (χ4v) is 1.04. The summed E-state index contributed by atoms with van der Waals surface area (Å²) >= 11 is 0. The van der Waals surface area contributed by atoms with Gasteiger partial charge in [-0.1, -0.05) is 12.1 Å². The summed E-state index contributed by atoms with van der Waals surface area (Å²) in [4.78, 5) is 6.28. The summed E-state index contributed by atoms with van der Waals surface area (Å²) in [7, 11) is 4.05. The fourth-order valence-electron chi connectivity index (χ4n) is 1.04. The van der Waals surface area contributed by atoms with E-state index in [1.54, 1.807) is 0 Å². The van der Waals surface area contributed by atoms with E-state index in [9.17, 15) is 0 Å². The average Bonchev–Trinajstić information content (AvgIpc) is 2.53. The highest BCUT2D eigenvalue weighted by molar-refractivity contribution is 5.17. The zero-order valence-electron chi connectivity index (χ0n) is 9.08. The highest BCUT2D eigenvalue weighted by atomic mass is 16.5. The lowest BCUT2D eigenvalue weighted by Gasteiger charge is -2.07. The molecule has 1 rings (SSSR count). The summed E-state index contributed by atoms with van der Waals surface area (Å²) in [6, 6.07) is 0.523. The van der Waals surface area contributed by atoms with Crippen molar-refractivity contribution in [3.63, 3.8) is 0 Å². The van der Waals surface area contributed by atoms with Gasteiger partial charge in [0.15, 0.2) is 5.82 Å². The van der Waals surface area contributed by atoms with Crippen LogP contribution < -0.4 is 5.32 Å². The number of aromatic nitrogens is 2. The smallest absolute Gasteiger partial charge is 0.321 e. The van der Waals surface area contributed by atoms with Crippen LogP contribution in [0.2, 0.25) is 0 Å². The second kappa shape index (κ2) is 5.59. The van der Waals surface area contributed by atoms with Gasteiger partial charge in [-0.15, -0.1) is 0 Å². The van der Waals surface area contributed by atoms with Crippen LogP contribution in [-0.4, -0.2) is 42.2 Å². The summed E-state index contributed by atoms with van der Waals surface area (Å²) in [5, 5.41) is 6.91. The molecular weight excluding hydrogens is 180 g/mol. The summed E-state index contributed by atoms with van der Waals surface area (Å²) in [6.45, 7) is 3.86. The van der Waals surface area contributed by atoms with Crippen LogP contribution in [0.4, 0.5) is 6.01 Å². The number of nitrogens with zero attached hydrogens (tertiary/aromatic N) is 3. The molecule has 1 N–H and O–H groups in total. The van der Waals surface area contributed by atoms with Crippen LogP contribution in [0.3, 0.4) is 0 Å². The summed E-state index contributed by atoms with van der Waals surface area (Å²) < 4.78 is 5.01. The lowest BCUT2D eigenvalue weighted by Crippen LogP contribution is -2.20. The number of anilines is 1. The maximum absolute atomic E-state index is 5.01. The Hall–Kier alpha value is -1.10. The minimum Gasteiger partial charge on any atom is -0.336 e. The molecule has 0 saturated carbocycles. The molecule has 1 aromatic rings. The Kier molecular flexibility index (Phi) is 4.39. The minimum atomic E-state index is 0.523. The first-order chi connectivity index (χ1) is 6.72. The van der Waals surface area contributed by atoms with Gasteiger partial charge in [-0.05, 0) is 20.5 Å². The monoisotopic (exact) mass is 198 g/mol. The molecule has 0 bridgehead atoms. The van der Waals surface area contributed by atoms with Crippen molar-refractivity contribution < 1.29 is 4.52 Å². The number of aryl methyl sites for hydroxylation is 1. The maximum Gasteiger partial charge on any atom is 0.321 e. The van der Waals surface area contributed by atoms with Gasteiger partial charge in [-0.2, -0.15) is 4.98 Å². The van der Waals surface area contributed by atoms with Crippen LogP contribution in [0.15, 0.2) is 4.52 Å². The van der Waals surface area contributed by atoms with Crippen LogP contribution in [0.25, 0.3) is 0 Å². The Morgan fingerprint density at radius 2 is 2.21 bits per heavy atom. The predicted molar refractivity (Wildman–Crippen MR) is 55.3 cm³/mol. The molecule has 0 aromatic carbocycles. The van der Waals surface area contributed by atoms with Crippen molar-refractivity contribution in [3.8, 4) is 0 Å². The van der Waals surface area contributed by atoms with Crippen LogP contribution in [0, 0.1) is 0 Å². The van der Waals surface area contributed by atoms with Gasteiger partial charge in [0.25, 0.3) is 0 Å². The molecule has 0 fully saturated rings. The zero-order valence-corrected chi connectivity index (χ0v) is 9.08. The van der Waals surface area contributed by atoms with Crippen LogP contribution in [-0.2, 0) is 6.42 Å². The van der Waals surface area contributed by atoms with Gasteiger partial charge in [0.2, 0.25) is 0 Å². The van der Waals surface area contributed by atoms with Crippen molar-refractivity contribution in [2.75, 3.05) is 32.5 Å². The second-order valence-electron chi connectivity index (χ2n) is 3.50. The van der Waals surface area contributed by atoms with E-state index < -0.39 is 0 Å². The van der Waals surface area contributed by atoms with E-state index in [0.717, 1.165) is 31.8 Å². The Morgan fingerprint density at radius 3 is 2.86 bits per heavy atom. The van der Waals surface area contributed by atoms with Gasteiger partial charge in [0.05, 0.1) is 0 Å². The first kappa shape index (κ1) is 11.0. The summed E-state index contributed by atoms with van der Waals surface area (Å²) in [5.74, 6) is 0.778. The van der Waals surface area contributed by atoms with Crippen molar-refractivity contribution in [1.29, 1.82) is 0 Å². The molecular formula is C9H18N4O. The second-order valence-corrected chi connectivity index (χ2v) is 3.50. The number of nitrogens with one attached hydrogen (secondary N) is 1. The van der Waals surface area contributed by atoms with Gasteiger partial charge in [-0.3, -0.25) is 0 Å². The van der Waals surface area contributed by atoms with E-state index in [2.05, 4.69) is 27.3 Å². The van der Waals surface area contributed by atoms with Gasteiger partial charge in [0.1, 0.15) is 0 Å². The van der Waals surface area contributed by atoms with Crippen molar-refractivity contribution in [2.24, 2.45) is 0 Å². The maximum atomic E-state index is 5.01. The first-order valence-corrected chi connectivity index (χ1v) is 4.93. The molecule has 0 spiro atoms. The summed E-state index contributed by atoms with van der Waals surface area (Å²) in [6.07, 6.45) is 1.91. The van der Waals surface area contributed by atoms with Gasteiger partial charge < -0.3 is 14.7 Å². The number of hydrogen-bond acceptors (Lipinski definition) is 5. The van der Waals surface area contributed by atoms with E-state index in [4.69, 9.17) is 4.52 Å². The third kappa shape index (κ3) is 3.74. The Morgan fingerprint density at radius 1 is 1.43 bits per heavy atom. The van der Waals surface area contributed by atoms with Gasteiger partial charge in [0, 0.05) is 19.5 Å². The molecule has 0 unspecified atom stereocenters. The molecule has 0 aliphatic rings. The lowest BCUT2D eigenvalue weighted by molar-refractivity contribution is 0.406. The largest absolute Gasteiger partial charge is 0.336 e. The number of likely N-dealkylation sites (N-methyl/N-ethyl adjacent to an activating group) is 1. The molecule has 80 valence electrons. The van der Waals surface area contributed by atoms with Gasteiger partial charge in [-0.25, -0.2) is 0 Å². The number of hydrogen-bond donors (Lipinski definition) is 1. The third-order valence-corrected chi connectivity index (χ3v) is 1.78. The normalized spacial score (nSPS) is 10.9. The van der Waals surface area contributed by atoms with Crippen molar-refractivity contribution in [3.05, 3.63) is 5.82 Å². The molecule has 1 heterocycles. The van der Waals surface area contributed by atoms with E-state index >= 15 is 0 Å². The zero-order chi connectivity index (χ0) is 10.4. The molecule has 5 nitrogen and oxygen atoms in total. The van der Waals surface area contributed by atoms with Gasteiger partial charge >= 0.3 is 6.01 Å². The molecule has 0 atom stereocenters. The highest BCUT2D eigenvalue weighted by Crippen LogP contribution is 2.04. The molecule has 0 amide bonds. The van der Waals surface area contributed by atoms with Crippen LogP contribution >= 0.6 is 0 Å². The predicted octanol–water partition coefficient (Wildman–Crippen LogP) is 0.996. The quantitative estimate of drug-likeness (QED) is 0.739. The van der Waals surface area contributed by atoms with E-state index in [1.807, 2.05) is 14.1 Å². The van der Waals surface area contributed by atoms with E-state index in [-0.39, 0.29) is 0 Å². The number of rotatable bonds is 6. The average molecular weight is 198 g/mol. The molecule has 5 heteroatoms. The lowest BCUT2D eigenvalue weighted by atomic mass is 10.3. The molecule has 14 heavy (non-hydrogen) atoms. The van der Waals surface area contributed by atoms with E-state index in [1.165, 1.54) is 0 Å². The molecule has 0 saturated heterocycles. The SMILES string of the molecule is CCCc1noc(NCCN(C)C)n1. The van der Waals surface area contributed by atoms with E-state index in [0.29, 0.717) is 6.01 Å². The van der Waals surface area contributed by atoms with Crippen molar-refractivity contribution in [2.45, 2.75) is 19.8 Å². The topological polar surface area (TPSA) is 54.2 Å². The van der Waals surface area contributed by atoms with Crippen LogP contribution in [0.5, 0.6) is 0 Å². The Balaban J connectivity index is 2.28. The highest BCUT2D eigenvalue weighted by Gasteiger charge is 2.03. The Bertz CT molecular complexity index is 259. The fraction of sp³-hybridized carbons (Fsp3) is 0.778. The Labute approximate surface area is 84.5 Å². The first-order valence-electron chi connectivity index (χ1n) is 4.93. The molecule has 0 aliphatic carbocycles. The minimum absolute atomic E-state index is 0.523.